The minimum absolute atomic E-state index is 0.0282. The molecule has 1 aromatic carbocycles. The first-order chi connectivity index (χ1) is 11.5. The largest absolute Gasteiger partial charge is 0.347 e. The number of carbonyl (C=O) groups excluding carboxylic acids is 2. The van der Waals surface area contributed by atoms with Crippen molar-refractivity contribution in [1.82, 2.24) is 5.32 Å². The predicted molar refractivity (Wildman–Crippen MR) is 98.5 cm³/mol. The first-order valence-corrected chi connectivity index (χ1v) is 8.87. The van der Waals surface area contributed by atoms with Crippen molar-refractivity contribution in [3.63, 3.8) is 0 Å². The number of anilines is 1. The standard InChI is InChI=1S/C17H20ClN3O2S/c1-11(19)4-7-16(22)21-12-5-6-15(18)14(9-12)17(23)20-10-13-3-2-8-24-13/h2-3,5-6,8-9,11H,4,7,10,19H2,1H3,(H,20,23)(H,21,22). The molecule has 0 saturated heterocycles. The molecule has 2 amide bonds. The Balaban J connectivity index is 1.99. The number of thiophene rings is 1. The van der Waals surface area contributed by atoms with E-state index in [9.17, 15) is 9.59 Å². The Morgan fingerprint density at radius 2 is 2.12 bits per heavy atom. The summed E-state index contributed by atoms with van der Waals surface area (Å²) in [7, 11) is 0. The van der Waals surface area contributed by atoms with Gasteiger partial charge < -0.3 is 16.4 Å². The number of rotatable bonds is 7. The number of nitrogens with one attached hydrogen (secondary N) is 2. The number of nitrogens with two attached hydrogens (primary N) is 1. The lowest BCUT2D eigenvalue weighted by atomic mass is 10.1. The molecule has 128 valence electrons. The second-order valence-corrected chi connectivity index (χ2v) is 6.96. The number of carbonyl (C=O) groups is 2. The summed E-state index contributed by atoms with van der Waals surface area (Å²) >= 11 is 7.67. The Hall–Kier alpha value is -1.89. The molecule has 0 spiro atoms. The Kier molecular flexibility index (Phi) is 6.78. The fraction of sp³-hybridized carbons (Fsp3) is 0.294. The maximum absolute atomic E-state index is 12.3. The van der Waals surface area contributed by atoms with E-state index in [0.29, 0.717) is 35.7 Å². The summed E-state index contributed by atoms with van der Waals surface area (Å²) in [6.45, 7) is 2.30. The third kappa shape index (κ3) is 5.63. The molecule has 0 aliphatic heterocycles. The second-order valence-electron chi connectivity index (χ2n) is 5.52. The van der Waals surface area contributed by atoms with Crippen molar-refractivity contribution < 1.29 is 9.59 Å². The normalized spacial score (nSPS) is 11.8. The van der Waals surface area contributed by atoms with E-state index in [0.717, 1.165) is 4.88 Å². The van der Waals surface area contributed by atoms with E-state index in [1.54, 1.807) is 29.5 Å². The highest BCUT2D eigenvalue weighted by atomic mass is 35.5. The van der Waals surface area contributed by atoms with E-state index in [1.807, 2.05) is 24.4 Å². The van der Waals surface area contributed by atoms with Crippen LogP contribution in [0.15, 0.2) is 35.7 Å². The fourth-order valence-corrected chi connectivity index (χ4v) is 2.88. The molecule has 1 atom stereocenters. The quantitative estimate of drug-likeness (QED) is 0.703. The van der Waals surface area contributed by atoms with Crippen LogP contribution in [0.4, 0.5) is 5.69 Å². The molecule has 4 N–H and O–H groups in total. The molecule has 7 heteroatoms. The third-order valence-electron chi connectivity index (χ3n) is 3.32. The van der Waals surface area contributed by atoms with E-state index < -0.39 is 0 Å². The van der Waals surface area contributed by atoms with Gasteiger partial charge in [-0.05, 0) is 43.0 Å². The zero-order valence-corrected chi connectivity index (χ0v) is 14.9. The monoisotopic (exact) mass is 365 g/mol. The van der Waals surface area contributed by atoms with Crippen molar-refractivity contribution in [2.75, 3.05) is 5.32 Å². The molecule has 0 bridgehead atoms. The van der Waals surface area contributed by atoms with Gasteiger partial charge in [0.05, 0.1) is 17.1 Å². The number of halogens is 1. The predicted octanol–water partition coefficient (Wildman–Crippen LogP) is 3.40. The van der Waals surface area contributed by atoms with Crippen LogP contribution in [0.3, 0.4) is 0 Å². The van der Waals surface area contributed by atoms with Crippen molar-refractivity contribution in [2.45, 2.75) is 32.4 Å². The summed E-state index contributed by atoms with van der Waals surface area (Å²) in [6.07, 6.45) is 0.938. The van der Waals surface area contributed by atoms with Crippen molar-refractivity contribution in [3.05, 3.63) is 51.2 Å². The van der Waals surface area contributed by atoms with Gasteiger partial charge in [-0.1, -0.05) is 17.7 Å². The zero-order chi connectivity index (χ0) is 17.5. The maximum Gasteiger partial charge on any atom is 0.253 e. The molecule has 5 nitrogen and oxygen atoms in total. The molecular formula is C17H20ClN3O2S. The summed E-state index contributed by atoms with van der Waals surface area (Å²) in [6, 6.07) is 8.69. The van der Waals surface area contributed by atoms with Crippen molar-refractivity contribution in [3.8, 4) is 0 Å². The van der Waals surface area contributed by atoms with Crippen LogP contribution >= 0.6 is 22.9 Å². The lowest BCUT2D eigenvalue weighted by Crippen LogP contribution is -2.23. The van der Waals surface area contributed by atoms with Crippen LogP contribution in [0.1, 0.15) is 35.0 Å². The molecule has 24 heavy (non-hydrogen) atoms. The van der Waals surface area contributed by atoms with E-state index in [2.05, 4.69) is 10.6 Å². The van der Waals surface area contributed by atoms with Gasteiger partial charge in [-0.15, -0.1) is 11.3 Å². The van der Waals surface area contributed by atoms with Crippen LogP contribution in [0, 0.1) is 0 Å². The van der Waals surface area contributed by atoms with E-state index in [4.69, 9.17) is 17.3 Å². The molecule has 2 aromatic rings. The topological polar surface area (TPSA) is 84.2 Å². The van der Waals surface area contributed by atoms with Crippen LogP contribution in [0.5, 0.6) is 0 Å². The van der Waals surface area contributed by atoms with Gasteiger partial charge in [0.15, 0.2) is 0 Å². The number of hydrogen-bond donors (Lipinski definition) is 3. The highest BCUT2D eigenvalue weighted by molar-refractivity contribution is 7.09. The Morgan fingerprint density at radius 3 is 2.79 bits per heavy atom. The average molecular weight is 366 g/mol. The summed E-state index contributed by atoms with van der Waals surface area (Å²) in [4.78, 5) is 25.2. The van der Waals surface area contributed by atoms with Crippen LogP contribution in [0.25, 0.3) is 0 Å². The minimum Gasteiger partial charge on any atom is -0.347 e. The molecule has 1 heterocycles. The van der Waals surface area contributed by atoms with Crippen molar-refractivity contribution >= 4 is 40.4 Å². The van der Waals surface area contributed by atoms with Gasteiger partial charge in [0.2, 0.25) is 5.91 Å². The Labute approximate surface area is 150 Å². The third-order valence-corrected chi connectivity index (χ3v) is 4.53. The molecule has 0 radical (unpaired) electrons. The molecule has 0 saturated carbocycles. The molecule has 0 aliphatic rings. The lowest BCUT2D eigenvalue weighted by molar-refractivity contribution is -0.116. The number of amides is 2. The molecule has 1 aromatic heterocycles. The first-order valence-electron chi connectivity index (χ1n) is 7.61. The average Bonchev–Trinajstić information content (AvgIpc) is 3.06. The molecule has 2 rings (SSSR count). The van der Waals surface area contributed by atoms with Gasteiger partial charge >= 0.3 is 0 Å². The van der Waals surface area contributed by atoms with Gasteiger partial charge in [0, 0.05) is 23.0 Å². The fourth-order valence-electron chi connectivity index (χ4n) is 2.04. The SMILES string of the molecule is CC(N)CCC(=O)Nc1ccc(Cl)c(C(=O)NCc2cccs2)c1. The zero-order valence-electron chi connectivity index (χ0n) is 13.3. The van der Waals surface area contributed by atoms with Gasteiger partial charge in [0.1, 0.15) is 0 Å². The van der Waals surface area contributed by atoms with E-state index in [1.165, 1.54) is 0 Å². The summed E-state index contributed by atoms with van der Waals surface area (Å²) in [5.41, 5.74) is 6.51. The van der Waals surface area contributed by atoms with E-state index >= 15 is 0 Å². The van der Waals surface area contributed by atoms with Gasteiger partial charge in [-0.3, -0.25) is 9.59 Å². The second kappa shape index (κ2) is 8.82. The molecule has 0 fully saturated rings. The Morgan fingerprint density at radius 1 is 1.33 bits per heavy atom. The van der Waals surface area contributed by atoms with Gasteiger partial charge in [-0.2, -0.15) is 0 Å². The maximum atomic E-state index is 12.3. The minimum atomic E-state index is -0.278. The Bertz CT molecular complexity index is 702. The van der Waals surface area contributed by atoms with Gasteiger partial charge in [0.25, 0.3) is 5.91 Å². The van der Waals surface area contributed by atoms with Crippen LogP contribution in [-0.2, 0) is 11.3 Å². The van der Waals surface area contributed by atoms with Crippen LogP contribution in [-0.4, -0.2) is 17.9 Å². The van der Waals surface area contributed by atoms with Crippen molar-refractivity contribution in [2.24, 2.45) is 5.73 Å². The highest BCUT2D eigenvalue weighted by Gasteiger charge is 2.12. The van der Waals surface area contributed by atoms with E-state index in [-0.39, 0.29) is 17.9 Å². The molecular weight excluding hydrogens is 346 g/mol. The number of hydrogen-bond acceptors (Lipinski definition) is 4. The summed E-state index contributed by atoms with van der Waals surface area (Å²) < 4.78 is 0. The first kappa shape index (κ1) is 18.4. The van der Waals surface area contributed by atoms with Crippen molar-refractivity contribution in [1.29, 1.82) is 0 Å². The van der Waals surface area contributed by atoms with Crippen LogP contribution < -0.4 is 16.4 Å². The van der Waals surface area contributed by atoms with Gasteiger partial charge in [-0.25, -0.2) is 0 Å². The summed E-state index contributed by atoms with van der Waals surface area (Å²) in [5.74, 6) is -0.417. The lowest BCUT2D eigenvalue weighted by Gasteiger charge is -2.10. The molecule has 0 aliphatic carbocycles. The molecule has 1 unspecified atom stereocenters. The summed E-state index contributed by atoms with van der Waals surface area (Å²) in [5, 5.41) is 7.87. The van der Waals surface area contributed by atoms with Crippen LogP contribution in [0.2, 0.25) is 5.02 Å². The smallest absolute Gasteiger partial charge is 0.253 e. The number of benzene rings is 1. The highest BCUT2D eigenvalue weighted by Crippen LogP contribution is 2.21.